The summed E-state index contributed by atoms with van der Waals surface area (Å²) in [5, 5.41) is 9.57. The van der Waals surface area contributed by atoms with E-state index >= 15 is 0 Å². The number of ether oxygens (including phenoxy) is 1. The third kappa shape index (κ3) is 3.17. The monoisotopic (exact) mass is 417 g/mol. The maximum Gasteiger partial charge on any atom is 0.162 e. The molecule has 0 N–H and O–H groups in total. The van der Waals surface area contributed by atoms with E-state index in [0.717, 1.165) is 34.2 Å². The van der Waals surface area contributed by atoms with Crippen molar-refractivity contribution in [2.24, 2.45) is 5.92 Å². The van der Waals surface area contributed by atoms with Crippen molar-refractivity contribution in [3.8, 4) is 11.8 Å². The molecule has 1 aliphatic heterocycles. The average Bonchev–Trinajstić information content (AvgIpc) is 3.28. The van der Waals surface area contributed by atoms with Crippen molar-refractivity contribution in [1.82, 2.24) is 24.3 Å². The van der Waals surface area contributed by atoms with E-state index in [0.29, 0.717) is 18.2 Å². The largest absolute Gasteiger partial charge is 0.377 e. The van der Waals surface area contributed by atoms with Crippen LogP contribution in [0.3, 0.4) is 0 Å². The molecule has 30 heavy (non-hydrogen) atoms. The summed E-state index contributed by atoms with van der Waals surface area (Å²) >= 11 is 6.42. The van der Waals surface area contributed by atoms with E-state index in [-0.39, 0.29) is 12.0 Å². The molecule has 2 unspecified atom stereocenters. The number of hydrogen-bond acceptors (Lipinski definition) is 4. The summed E-state index contributed by atoms with van der Waals surface area (Å²) < 4.78 is 9.63. The van der Waals surface area contributed by atoms with Gasteiger partial charge >= 0.3 is 0 Å². The van der Waals surface area contributed by atoms with Gasteiger partial charge < -0.3 is 13.9 Å². The van der Waals surface area contributed by atoms with Crippen LogP contribution in [0.4, 0.5) is 0 Å². The Bertz CT molecular complexity index is 1230. The van der Waals surface area contributed by atoms with Crippen LogP contribution >= 0.6 is 11.6 Å². The van der Waals surface area contributed by atoms with Gasteiger partial charge in [-0.1, -0.05) is 48.7 Å². The van der Waals surface area contributed by atoms with E-state index in [9.17, 15) is 0 Å². The number of hydrogen-bond donors (Lipinski definition) is 0. The second-order valence-corrected chi connectivity index (χ2v) is 7.91. The van der Waals surface area contributed by atoms with Gasteiger partial charge in [0.15, 0.2) is 11.6 Å². The molecule has 1 aromatic carbocycles. The highest BCUT2D eigenvalue weighted by Crippen LogP contribution is 2.42. The number of halogens is 1. The summed E-state index contributed by atoms with van der Waals surface area (Å²) in [6.07, 6.45) is 5.92. The molecule has 0 saturated heterocycles. The van der Waals surface area contributed by atoms with Crippen LogP contribution in [-0.4, -0.2) is 31.4 Å². The average molecular weight is 418 g/mol. The molecule has 0 saturated carbocycles. The van der Waals surface area contributed by atoms with Crippen molar-refractivity contribution in [3.63, 3.8) is 0 Å². The molecule has 0 amide bonds. The molecule has 6 nitrogen and oxygen atoms in total. The third-order valence-corrected chi connectivity index (χ3v) is 5.73. The lowest BCUT2D eigenvalue weighted by Gasteiger charge is -2.28. The molecular weight excluding hydrogens is 398 g/mol. The fourth-order valence-electron chi connectivity index (χ4n) is 4.15. The molecule has 150 valence electrons. The fourth-order valence-corrected chi connectivity index (χ4v) is 4.46. The first-order valence-corrected chi connectivity index (χ1v) is 10.2. The second-order valence-electron chi connectivity index (χ2n) is 7.48. The predicted octanol–water partition coefficient (Wildman–Crippen LogP) is 3.78. The quantitative estimate of drug-likeness (QED) is 0.595. The van der Waals surface area contributed by atoms with Gasteiger partial charge in [0.1, 0.15) is 12.3 Å². The van der Waals surface area contributed by atoms with E-state index in [4.69, 9.17) is 16.3 Å². The third-order valence-electron chi connectivity index (χ3n) is 5.49. The molecule has 0 spiro atoms. The van der Waals surface area contributed by atoms with Gasteiger partial charge in [-0.3, -0.25) is 0 Å². The number of nitrogens with zero attached hydrogens (tertiary/aromatic N) is 5. The van der Waals surface area contributed by atoms with E-state index < -0.39 is 0 Å². The van der Waals surface area contributed by atoms with Gasteiger partial charge in [0.05, 0.1) is 24.6 Å². The summed E-state index contributed by atoms with van der Waals surface area (Å²) in [7, 11) is 1.66. The highest BCUT2D eigenvalue weighted by molar-refractivity contribution is 6.31. The highest BCUT2D eigenvalue weighted by Gasteiger charge is 2.35. The minimum Gasteiger partial charge on any atom is -0.377 e. The molecule has 0 radical (unpaired) electrons. The number of aromatic nitrogens is 5. The Morgan fingerprint density at radius 1 is 1.20 bits per heavy atom. The molecule has 2 aliphatic rings. The van der Waals surface area contributed by atoms with Crippen LogP contribution in [0, 0.1) is 17.8 Å². The smallest absolute Gasteiger partial charge is 0.162 e. The lowest BCUT2D eigenvalue weighted by atomic mass is 9.89. The zero-order valence-electron chi connectivity index (χ0n) is 16.7. The van der Waals surface area contributed by atoms with Gasteiger partial charge in [0.25, 0.3) is 0 Å². The molecule has 5 rings (SSSR count). The normalized spacial score (nSPS) is 19.4. The van der Waals surface area contributed by atoms with Crippen LogP contribution in [0.1, 0.15) is 41.6 Å². The van der Waals surface area contributed by atoms with Crippen LogP contribution in [0.5, 0.6) is 0 Å². The number of methoxy groups -OCH3 is 1. The molecular formula is C23H20ClN5O. The number of imidazole rings is 1. The van der Waals surface area contributed by atoms with Crippen molar-refractivity contribution in [1.29, 1.82) is 0 Å². The van der Waals surface area contributed by atoms with E-state index in [1.165, 1.54) is 0 Å². The van der Waals surface area contributed by atoms with Crippen LogP contribution in [0.25, 0.3) is 5.57 Å². The lowest BCUT2D eigenvalue weighted by Crippen LogP contribution is -2.20. The maximum absolute atomic E-state index is 6.42. The number of fused-ring (bicyclic) bond motifs is 5. The fraction of sp³-hybridized carbons (Fsp3) is 0.261. The summed E-state index contributed by atoms with van der Waals surface area (Å²) in [5.41, 5.74) is 3.78. The van der Waals surface area contributed by atoms with Crippen molar-refractivity contribution >= 4 is 17.2 Å². The van der Waals surface area contributed by atoms with Crippen LogP contribution < -0.4 is 0 Å². The van der Waals surface area contributed by atoms with Crippen LogP contribution in [-0.2, 0) is 17.9 Å². The molecule has 1 aliphatic carbocycles. The molecule has 7 heteroatoms. The summed E-state index contributed by atoms with van der Waals surface area (Å²) in [6.45, 7) is 3.10. The Hall–Kier alpha value is -3.14. The van der Waals surface area contributed by atoms with Crippen molar-refractivity contribution in [3.05, 3.63) is 82.4 Å². The minimum absolute atomic E-state index is 0.0307. The summed E-state index contributed by atoms with van der Waals surface area (Å²) in [4.78, 5) is 4.66. The topological polar surface area (TPSA) is 57.8 Å². The minimum atomic E-state index is 0.0307. The van der Waals surface area contributed by atoms with Gasteiger partial charge in [0.2, 0.25) is 0 Å². The molecule has 2 atom stereocenters. The van der Waals surface area contributed by atoms with Crippen molar-refractivity contribution < 1.29 is 4.74 Å². The Labute approximate surface area is 179 Å². The zero-order chi connectivity index (χ0) is 20.7. The Morgan fingerprint density at radius 3 is 2.83 bits per heavy atom. The number of allylic oxidation sites excluding steroid dienone is 4. The van der Waals surface area contributed by atoms with E-state index in [2.05, 4.69) is 49.2 Å². The number of rotatable bonds is 2. The first-order valence-electron chi connectivity index (χ1n) is 9.78. The Morgan fingerprint density at radius 2 is 2.03 bits per heavy atom. The maximum atomic E-state index is 6.42. The van der Waals surface area contributed by atoms with Crippen LogP contribution in [0.2, 0.25) is 0 Å². The van der Waals surface area contributed by atoms with Crippen molar-refractivity contribution in [2.45, 2.75) is 26.1 Å². The Kier molecular flexibility index (Phi) is 4.78. The first kappa shape index (κ1) is 18.9. The Balaban J connectivity index is 1.67. The summed E-state index contributed by atoms with van der Waals surface area (Å²) in [6, 6.07) is 9.96. The van der Waals surface area contributed by atoms with E-state index in [1.54, 1.807) is 7.11 Å². The molecule has 3 aromatic rings. The second kappa shape index (κ2) is 7.60. The van der Waals surface area contributed by atoms with E-state index in [1.807, 2.05) is 42.7 Å². The predicted molar refractivity (Wildman–Crippen MR) is 115 cm³/mol. The molecule has 0 bridgehead atoms. The van der Waals surface area contributed by atoms with Crippen molar-refractivity contribution in [2.75, 3.05) is 7.11 Å². The zero-order valence-corrected chi connectivity index (χ0v) is 17.5. The lowest BCUT2D eigenvalue weighted by molar-refractivity contribution is 0.174. The van der Waals surface area contributed by atoms with Gasteiger partial charge in [-0.2, -0.15) is 0 Å². The van der Waals surface area contributed by atoms with Gasteiger partial charge in [-0.25, -0.2) is 4.98 Å². The molecule has 0 fully saturated rings. The highest BCUT2D eigenvalue weighted by atomic mass is 35.5. The molecule has 2 aromatic heterocycles. The summed E-state index contributed by atoms with van der Waals surface area (Å²) in [5.74, 6) is 8.25. The van der Waals surface area contributed by atoms with Crippen LogP contribution in [0.15, 0.2) is 53.8 Å². The van der Waals surface area contributed by atoms with Gasteiger partial charge in [-0.15, -0.1) is 10.2 Å². The molecule has 3 heterocycles. The standard InChI is InChI=1S/C23H20ClN5O/c1-15-10-17(24)11-18-22(15)29-14-25-19(9-8-16-6-4-3-5-7-16)20(29)12-28-21(13-30-2)26-27-23(18)28/h3-7,10-11,14-15,22H,12-13H2,1-2H3. The van der Waals surface area contributed by atoms with Gasteiger partial charge in [0, 0.05) is 29.2 Å². The SMILES string of the molecule is COCc1nnc2n1Cc1c(C#Cc3ccccc3)ncn1C1C2=CC(Cl)=CC1C. The first-order chi connectivity index (χ1) is 14.7. The number of benzene rings is 1. The van der Waals surface area contributed by atoms with Gasteiger partial charge in [-0.05, 0) is 24.1 Å².